The van der Waals surface area contributed by atoms with Crippen LogP contribution in [0.2, 0.25) is 0 Å². The fourth-order valence-corrected chi connectivity index (χ4v) is 0.700. The van der Waals surface area contributed by atoms with Gasteiger partial charge in [-0.05, 0) is 20.8 Å². The molecule has 0 spiro atoms. The van der Waals surface area contributed by atoms with Crippen LogP contribution >= 0.6 is 0 Å². The number of carboxylic acids is 1. The van der Waals surface area contributed by atoms with Gasteiger partial charge in [0.05, 0.1) is 25.4 Å². The van der Waals surface area contributed by atoms with E-state index >= 15 is 0 Å². The van der Waals surface area contributed by atoms with Gasteiger partial charge in [0.2, 0.25) is 0 Å². The van der Waals surface area contributed by atoms with Crippen molar-refractivity contribution < 1.29 is 24.1 Å². The molecule has 1 N–H and O–H groups in total. The lowest BCUT2D eigenvalue weighted by molar-refractivity contribution is -0.134. The van der Waals surface area contributed by atoms with Gasteiger partial charge in [-0.15, -0.1) is 0 Å². The summed E-state index contributed by atoms with van der Waals surface area (Å²) in [6, 6.07) is 0. The zero-order valence-electron chi connectivity index (χ0n) is 10.9. The van der Waals surface area contributed by atoms with Gasteiger partial charge in [-0.3, -0.25) is 4.79 Å². The van der Waals surface area contributed by atoms with Crippen molar-refractivity contribution in [1.82, 2.24) is 0 Å². The summed E-state index contributed by atoms with van der Waals surface area (Å²) in [6.07, 6.45) is 0.316. The van der Waals surface area contributed by atoms with Crippen molar-refractivity contribution in [1.29, 1.82) is 0 Å². The molecule has 16 heavy (non-hydrogen) atoms. The second-order valence-electron chi connectivity index (χ2n) is 3.37. The van der Waals surface area contributed by atoms with E-state index in [1.54, 1.807) is 7.11 Å². The molecule has 5 heteroatoms. The second kappa shape index (κ2) is 12.4. The van der Waals surface area contributed by atoms with E-state index in [-0.39, 0.29) is 12.2 Å². The third-order valence-corrected chi connectivity index (χ3v) is 1.57. The number of carbonyl (C=O) groups is 1. The summed E-state index contributed by atoms with van der Waals surface area (Å²) in [5.74, 6) is -0.833. The van der Waals surface area contributed by atoms with Gasteiger partial charge in [-0.2, -0.15) is 0 Å². The summed E-state index contributed by atoms with van der Waals surface area (Å²) in [5, 5.41) is 7.42. The normalized spacial score (nSPS) is 13.6. The van der Waals surface area contributed by atoms with Gasteiger partial charge >= 0.3 is 0 Å². The van der Waals surface area contributed by atoms with Crippen LogP contribution < -0.4 is 0 Å². The van der Waals surface area contributed by atoms with Crippen LogP contribution in [0.3, 0.4) is 0 Å². The standard InChI is InChI=1S/C9H20O3.C2H4O2/c1-5-11-6-9(3)12-7-8(2)10-4;1-2(3)4/h8-9H,5-7H2,1-4H3;1H3,(H,3,4). The van der Waals surface area contributed by atoms with Crippen LogP contribution in [0.15, 0.2) is 0 Å². The van der Waals surface area contributed by atoms with Gasteiger partial charge in [-0.25, -0.2) is 0 Å². The Balaban J connectivity index is 0. The van der Waals surface area contributed by atoms with Crippen LogP contribution in [0, 0.1) is 0 Å². The van der Waals surface area contributed by atoms with Crippen LogP contribution in [-0.2, 0) is 19.0 Å². The topological polar surface area (TPSA) is 65.0 Å². The molecule has 0 aromatic carbocycles. The molecule has 0 saturated heterocycles. The molecule has 0 heterocycles. The van der Waals surface area contributed by atoms with Crippen molar-refractivity contribution in [2.45, 2.75) is 39.9 Å². The Hall–Kier alpha value is -0.650. The maximum absolute atomic E-state index is 9.00. The van der Waals surface area contributed by atoms with Gasteiger partial charge in [-0.1, -0.05) is 0 Å². The highest BCUT2D eigenvalue weighted by atomic mass is 16.6. The largest absolute Gasteiger partial charge is 0.481 e. The average Bonchev–Trinajstić information content (AvgIpc) is 2.22. The van der Waals surface area contributed by atoms with Crippen LogP contribution in [-0.4, -0.2) is 50.2 Å². The summed E-state index contributed by atoms with van der Waals surface area (Å²) in [4.78, 5) is 9.00. The Morgan fingerprint density at radius 2 is 1.75 bits per heavy atom. The first-order valence-electron chi connectivity index (χ1n) is 5.35. The fraction of sp³-hybridized carbons (Fsp3) is 0.909. The smallest absolute Gasteiger partial charge is 0.300 e. The van der Waals surface area contributed by atoms with Gasteiger partial charge in [0.25, 0.3) is 5.97 Å². The number of methoxy groups -OCH3 is 1. The van der Waals surface area contributed by atoms with E-state index in [2.05, 4.69) is 0 Å². The quantitative estimate of drug-likeness (QED) is 0.726. The number of ether oxygens (including phenoxy) is 3. The molecular weight excluding hydrogens is 212 g/mol. The summed E-state index contributed by atoms with van der Waals surface area (Å²) in [5.41, 5.74) is 0. The Bertz CT molecular complexity index is 156. The lowest BCUT2D eigenvalue weighted by atomic mass is 10.4. The molecule has 5 nitrogen and oxygen atoms in total. The highest BCUT2D eigenvalue weighted by Crippen LogP contribution is 1.96. The molecule has 0 aliphatic rings. The van der Waals surface area contributed by atoms with Crippen LogP contribution in [0.1, 0.15) is 27.7 Å². The fourth-order valence-electron chi connectivity index (χ4n) is 0.700. The van der Waals surface area contributed by atoms with E-state index in [1.807, 2.05) is 20.8 Å². The van der Waals surface area contributed by atoms with Gasteiger partial charge in [0.1, 0.15) is 0 Å². The highest BCUT2D eigenvalue weighted by Gasteiger charge is 2.04. The van der Waals surface area contributed by atoms with E-state index in [1.165, 1.54) is 0 Å². The highest BCUT2D eigenvalue weighted by molar-refractivity contribution is 5.62. The zero-order chi connectivity index (χ0) is 13.0. The Kier molecular flexibility index (Phi) is 13.8. The average molecular weight is 236 g/mol. The molecule has 0 amide bonds. The Morgan fingerprint density at radius 3 is 2.12 bits per heavy atom. The molecule has 0 saturated carbocycles. The van der Waals surface area contributed by atoms with E-state index in [9.17, 15) is 0 Å². The van der Waals surface area contributed by atoms with Crippen LogP contribution in [0.25, 0.3) is 0 Å². The van der Waals surface area contributed by atoms with Crippen molar-refractivity contribution >= 4 is 5.97 Å². The van der Waals surface area contributed by atoms with Crippen molar-refractivity contribution in [2.75, 3.05) is 26.9 Å². The summed E-state index contributed by atoms with van der Waals surface area (Å²) in [7, 11) is 1.68. The lowest BCUT2D eigenvalue weighted by Crippen LogP contribution is -2.22. The molecule has 0 aliphatic heterocycles. The third kappa shape index (κ3) is 19.0. The summed E-state index contributed by atoms with van der Waals surface area (Å²) >= 11 is 0. The monoisotopic (exact) mass is 236 g/mol. The zero-order valence-corrected chi connectivity index (χ0v) is 10.9. The number of rotatable bonds is 7. The van der Waals surface area contributed by atoms with E-state index < -0.39 is 5.97 Å². The molecule has 2 atom stereocenters. The molecule has 0 radical (unpaired) electrons. The van der Waals surface area contributed by atoms with Crippen molar-refractivity contribution in [3.05, 3.63) is 0 Å². The summed E-state index contributed by atoms with van der Waals surface area (Å²) < 4.78 is 15.7. The van der Waals surface area contributed by atoms with Crippen molar-refractivity contribution in [2.24, 2.45) is 0 Å². The first-order chi connectivity index (χ1) is 7.43. The second-order valence-corrected chi connectivity index (χ2v) is 3.37. The first kappa shape index (κ1) is 17.7. The van der Waals surface area contributed by atoms with Crippen LogP contribution in [0.4, 0.5) is 0 Å². The lowest BCUT2D eigenvalue weighted by Gasteiger charge is -2.15. The Labute approximate surface area is 97.7 Å². The van der Waals surface area contributed by atoms with E-state index in [0.717, 1.165) is 13.5 Å². The minimum absolute atomic E-state index is 0.155. The van der Waals surface area contributed by atoms with Gasteiger partial charge in [0.15, 0.2) is 0 Å². The molecule has 0 fully saturated rings. The predicted octanol–water partition coefficient (Wildman–Crippen LogP) is 1.55. The third-order valence-electron chi connectivity index (χ3n) is 1.57. The van der Waals surface area contributed by atoms with Crippen LogP contribution in [0.5, 0.6) is 0 Å². The minimum Gasteiger partial charge on any atom is -0.481 e. The minimum atomic E-state index is -0.833. The Morgan fingerprint density at radius 1 is 1.25 bits per heavy atom. The maximum Gasteiger partial charge on any atom is 0.300 e. The van der Waals surface area contributed by atoms with Gasteiger partial charge in [0, 0.05) is 20.6 Å². The maximum atomic E-state index is 9.00. The van der Waals surface area contributed by atoms with Crippen molar-refractivity contribution in [3.8, 4) is 0 Å². The predicted molar refractivity (Wildman–Crippen MR) is 61.7 cm³/mol. The van der Waals surface area contributed by atoms with Gasteiger partial charge < -0.3 is 19.3 Å². The summed E-state index contributed by atoms with van der Waals surface area (Å²) in [6.45, 7) is 9.07. The number of carboxylic acid groups (broad SMARTS) is 1. The molecule has 0 bridgehead atoms. The van der Waals surface area contributed by atoms with Crippen molar-refractivity contribution in [3.63, 3.8) is 0 Å². The first-order valence-corrected chi connectivity index (χ1v) is 5.35. The molecule has 0 rings (SSSR count). The molecule has 0 aromatic rings. The van der Waals surface area contributed by atoms with E-state index in [0.29, 0.717) is 13.2 Å². The molecule has 2 unspecified atom stereocenters. The number of hydrogen-bond acceptors (Lipinski definition) is 4. The molecule has 0 aromatic heterocycles. The molecule has 98 valence electrons. The number of aliphatic carboxylic acids is 1. The van der Waals surface area contributed by atoms with E-state index in [4.69, 9.17) is 24.1 Å². The molecule has 0 aliphatic carbocycles. The molecular formula is C11H24O5. The number of hydrogen-bond donors (Lipinski definition) is 1. The SMILES string of the molecule is CC(=O)O.CCOCC(C)OCC(C)OC.